The Hall–Kier alpha value is -0.593. The van der Waals surface area contributed by atoms with E-state index in [0.717, 1.165) is 25.7 Å². The fourth-order valence-electron chi connectivity index (χ4n) is 3.76. The molecular weight excluding hydrogens is 310 g/mol. The third-order valence-corrected chi connectivity index (χ3v) is 10.9. The number of amides is 1. The van der Waals surface area contributed by atoms with Crippen molar-refractivity contribution in [3.63, 3.8) is 0 Å². The smallest absolute Gasteiger partial charge is 0.409 e. The third kappa shape index (κ3) is 2.94. The molecule has 5 nitrogen and oxygen atoms in total. The average molecular weight is 342 g/mol. The Bertz CT molecular complexity index is 495. The van der Waals surface area contributed by atoms with Crippen LogP contribution in [0.3, 0.4) is 0 Å². The Kier molecular flexibility index (Phi) is 3.90. The van der Waals surface area contributed by atoms with Gasteiger partial charge < -0.3 is 14.6 Å². The van der Waals surface area contributed by atoms with E-state index < -0.39 is 20.1 Å². The van der Waals surface area contributed by atoms with Crippen LogP contribution in [0.25, 0.3) is 0 Å². The van der Waals surface area contributed by atoms with E-state index in [1.54, 1.807) is 0 Å². The summed E-state index contributed by atoms with van der Waals surface area (Å²) in [7, 11) is -2.00. The van der Waals surface area contributed by atoms with Gasteiger partial charge in [0.25, 0.3) is 0 Å². The first-order valence-corrected chi connectivity index (χ1v) is 11.8. The molecule has 0 radical (unpaired) electrons. The maximum Gasteiger partial charge on any atom is 0.409 e. The maximum atomic E-state index is 11.9. The summed E-state index contributed by atoms with van der Waals surface area (Å²) in [6.07, 6.45) is 3.23. The second-order valence-corrected chi connectivity index (χ2v) is 14.0. The Morgan fingerprint density at radius 2 is 1.78 bits per heavy atom. The molecule has 6 heteroatoms. The minimum absolute atomic E-state index is 0.0788. The van der Waals surface area contributed by atoms with Crippen molar-refractivity contribution in [2.24, 2.45) is 11.8 Å². The molecule has 3 rings (SSSR count). The molecule has 1 amide bonds. The molecule has 1 saturated heterocycles. The van der Waals surface area contributed by atoms with Gasteiger partial charge in [-0.25, -0.2) is 4.79 Å². The van der Waals surface area contributed by atoms with E-state index in [2.05, 4.69) is 33.9 Å². The fourth-order valence-corrected chi connectivity index (χ4v) is 5.09. The van der Waals surface area contributed by atoms with Gasteiger partial charge in [0.15, 0.2) is 8.32 Å². The molecule has 2 N–H and O–H groups in total. The van der Waals surface area contributed by atoms with Crippen molar-refractivity contribution in [2.75, 3.05) is 0 Å². The molecule has 0 aromatic rings. The summed E-state index contributed by atoms with van der Waals surface area (Å²) in [5, 5.41) is 21.0. The zero-order valence-corrected chi connectivity index (χ0v) is 16.0. The summed E-state index contributed by atoms with van der Waals surface area (Å²) in [6.45, 7) is 11.0. The van der Waals surface area contributed by atoms with Crippen LogP contribution in [-0.2, 0) is 4.43 Å². The highest BCUT2D eigenvalue weighted by atomic mass is 28.4. The number of carbonyl (C=O) groups is 1. The molecule has 3 fully saturated rings. The van der Waals surface area contributed by atoms with Crippen molar-refractivity contribution < 1.29 is 19.4 Å². The number of hydrogen-bond donors (Lipinski definition) is 2. The topological polar surface area (TPSA) is 70.0 Å². The lowest BCUT2D eigenvalue weighted by Gasteiger charge is -2.40. The van der Waals surface area contributed by atoms with Crippen molar-refractivity contribution in [2.45, 2.75) is 88.9 Å². The maximum absolute atomic E-state index is 11.9. The monoisotopic (exact) mass is 341 g/mol. The lowest BCUT2D eigenvalue weighted by Crippen LogP contribution is -2.53. The summed E-state index contributed by atoms with van der Waals surface area (Å²) < 4.78 is 6.60. The minimum atomic E-state index is -2.00. The molecule has 1 heterocycles. The van der Waals surface area contributed by atoms with Crippen LogP contribution in [-0.4, -0.2) is 47.4 Å². The van der Waals surface area contributed by atoms with Crippen LogP contribution < -0.4 is 0 Å². The molecule has 0 bridgehead atoms. The highest BCUT2D eigenvalue weighted by Crippen LogP contribution is 2.55. The van der Waals surface area contributed by atoms with Gasteiger partial charge in [0.1, 0.15) is 5.72 Å². The zero-order valence-electron chi connectivity index (χ0n) is 15.0. The molecule has 2 aliphatic carbocycles. The summed E-state index contributed by atoms with van der Waals surface area (Å²) in [6, 6.07) is -0.174. The van der Waals surface area contributed by atoms with Gasteiger partial charge in [0, 0.05) is 12.3 Å². The second kappa shape index (κ2) is 5.20. The quantitative estimate of drug-likeness (QED) is 0.766. The number of carboxylic acid groups (broad SMARTS) is 1. The van der Waals surface area contributed by atoms with E-state index >= 15 is 0 Å². The van der Waals surface area contributed by atoms with Gasteiger partial charge in [-0.2, -0.15) is 0 Å². The molecule has 0 spiro atoms. The first-order valence-electron chi connectivity index (χ1n) is 8.90. The highest BCUT2D eigenvalue weighted by molar-refractivity contribution is 6.74. The van der Waals surface area contributed by atoms with Crippen molar-refractivity contribution in [1.29, 1.82) is 0 Å². The van der Waals surface area contributed by atoms with Crippen LogP contribution >= 0.6 is 0 Å². The molecule has 1 aliphatic heterocycles. The Balaban J connectivity index is 1.89. The molecular formula is C17H31NO4Si. The summed E-state index contributed by atoms with van der Waals surface area (Å²) >= 11 is 0. The zero-order chi connectivity index (χ0) is 17.2. The number of aliphatic hydroxyl groups is 1. The van der Waals surface area contributed by atoms with Crippen LogP contribution in [0.5, 0.6) is 0 Å². The summed E-state index contributed by atoms with van der Waals surface area (Å²) in [5.41, 5.74) is -1.22. The molecule has 132 valence electrons. The summed E-state index contributed by atoms with van der Waals surface area (Å²) in [5.74, 6) is 0.446. The Morgan fingerprint density at radius 3 is 2.17 bits per heavy atom. The van der Waals surface area contributed by atoms with Crippen LogP contribution in [0.15, 0.2) is 0 Å². The van der Waals surface area contributed by atoms with E-state index in [-0.39, 0.29) is 23.1 Å². The second-order valence-electron chi connectivity index (χ2n) is 9.25. The molecule has 3 unspecified atom stereocenters. The predicted molar refractivity (Wildman–Crippen MR) is 90.7 cm³/mol. The van der Waals surface area contributed by atoms with E-state index in [4.69, 9.17) is 4.43 Å². The Morgan fingerprint density at radius 1 is 1.22 bits per heavy atom. The van der Waals surface area contributed by atoms with E-state index in [9.17, 15) is 15.0 Å². The van der Waals surface area contributed by atoms with E-state index in [0.29, 0.717) is 12.3 Å². The highest BCUT2D eigenvalue weighted by Gasteiger charge is 2.63. The first-order chi connectivity index (χ1) is 10.5. The van der Waals surface area contributed by atoms with Crippen LogP contribution in [0.2, 0.25) is 18.1 Å². The van der Waals surface area contributed by atoms with Crippen molar-refractivity contribution in [3.05, 3.63) is 0 Å². The number of likely N-dealkylation sites (tertiary alicyclic amines) is 1. The molecule has 3 atom stereocenters. The van der Waals surface area contributed by atoms with Gasteiger partial charge in [0.05, 0.1) is 12.1 Å². The molecule has 3 aliphatic rings. The van der Waals surface area contributed by atoms with Crippen LogP contribution in [0, 0.1) is 11.8 Å². The number of hydrogen-bond acceptors (Lipinski definition) is 3. The van der Waals surface area contributed by atoms with Gasteiger partial charge in [-0.15, -0.1) is 0 Å². The first kappa shape index (κ1) is 17.2. The average Bonchev–Trinajstić information content (AvgIpc) is 3.23. The van der Waals surface area contributed by atoms with Crippen molar-refractivity contribution in [1.82, 2.24) is 4.90 Å². The van der Waals surface area contributed by atoms with Gasteiger partial charge in [0.2, 0.25) is 0 Å². The fraction of sp³-hybridized carbons (Fsp3) is 0.941. The van der Waals surface area contributed by atoms with Gasteiger partial charge in [-0.1, -0.05) is 20.8 Å². The number of nitrogens with zero attached hydrogens (tertiary/aromatic N) is 1. The van der Waals surface area contributed by atoms with E-state index in [1.165, 1.54) is 4.90 Å². The van der Waals surface area contributed by atoms with Crippen molar-refractivity contribution >= 4 is 14.4 Å². The SMILES string of the molecule is CC(C)(C)[Si](C)(C)OC1CC(O)(C2CC2)N(C(=O)O)C1C1CC1. The third-order valence-electron chi connectivity index (χ3n) is 6.39. The lowest BCUT2D eigenvalue weighted by molar-refractivity contribution is -0.0962. The molecule has 23 heavy (non-hydrogen) atoms. The van der Waals surface area contributed by atoms with Crippen molar-refractivity contribution in [3.8, 4) is 0 Å². The van der Waals surface area contributed by atoms with Gasteiger partial charge >= 0.3 is 6.09 Å². The molecule has 0 aromatic carbocycles. The van der Waals surface area contributed by atoms with E-state index in [1.807, 2.05) is 0 Å². The largest absolute Gasteiger partial charge is 0.465 e. The minimum Gasteiger partial charge on any atom is -0.465 e. The standard InChI is InChI=1S/C17H31NO4Si/c1-16(2,3)23(4,5)22-13-10-17(21,12-8-9-12)18(15(19)20)14(13)11-6-7-11/h11-14,21H,6-10H2,1-5H3,(H,19,20). The lowest BCUT2D eigenvalue weighted by atomic mass is 10.0. The van der Waals surface area contributed by atoms with Crippen LogP contribution in [0.4, 0.5) is 4.79 Å². The predicted octanol–water partition coefficient (Wildman–Crippen LogP) is 3.64. The molecule has 0 aromatic heterocycles. The van der Waals surface area contributed by atoms with Crippen LogP contribution in [0.1, 0.15) is 52.9 Å². The summed E-state index contributed by atoms with van der Waals surface area (Å²) in [4.78, 5) is 13.3. The van der Waals surface area contributed by atoms with Gasteiger partial charge in [-0.3, -0.25) is 4.90 Å². The Labute approximate surface area is 140 Å². The number of rotatable bonds is 4. The molecule has 2 saturated carbocycles. The van der Waals surface area contributed by atoms with Gasteiger partial charge in [-0.05, 0) is 49.7 Å². The normalized spacial score (nSPS) is 35.7.